The quantitative estimate of drug-likeness (QED) is 0.495. The summed E-state index contributed by atoms with van der Waals surface area (Å²) in [7, 11) is 0. The lowest BCUT2D eigenvalue weighted by molar-refractivity contribution is -0.0893. The number of rotatable bonds is 5. The predicted molar refractivity (Wildman–Crippen MR) is 110 cm³/mol. The van der Waals surface area contributed by atoms with Crippen LogP contribution in [0.1, 0.15) is 113 Å². The molecule has 2 rings (SSSR count). The molecule has 0 aromatic heterocycles. The van der Waals surface area contributed by atoms with E-state index >= 15 is 0 Å². The Balaban J connectivity index is 1.86. The SMILES string of the molecule is CCC(C)(C)C1CCC(C(C)(C)C2CCC(OC(C)(C)C)CC2)CC1. The molecule has 0 aromatic rings. The Morgan fingerprint density at radius 3 is 1.44 bits per heavy atom. The summed E-state index contributed by atoms with van der Waals surface area (Å²) in [5, 5.41) is 0. The molecule has 0 heterocycles. The van der Waals surface area contributed by atoms with Gasteiger partial charge < -0.3 is 4.74 Å². The number of hydrogen-bond donors (Lipinski definition) is 0. The summed E-state index contributed by atoms with van der Waals surface area (Å²) in [6, 6.07) is 0. The van der Waals surface area contributed by atoms with E-state index in [-0.39, 0.29) is 5.60 Å². The molecule has 0 unspecified atom stereocenters. The van der Waals surface area contributed by atoms with E-state index in [0.29, 0.717) is 16.9 Å². The summed E-state index contributed by atoms with van der Waals surface area (Å²) in [6.45, 7) is 19.1. The largest absolute Gasteiger partial charge is 0.373 e. The van der Waals surface area contributed by atoms with Gasteiger partial charge in [0.05, 0.1) is 11.7 Å². The van der Waals surface area contributed by atoms with Crippen molar-refractivity contribution in [3.05, 3.63) is 0 Å². The van der Waals surface area contributed by atoms with Gasteiger partial charge in [-0.15, -0.1) is 0 Å². The van der Waals surface area contributed by atoms with Crippen LogP contribution in [0.2, 0.25) is 0 Å². The fraction of sp³-hybridized carbons (Fsp3) is 1.00. The van der Waals surface area contributed by atoms with Crippen LogP contribution >= 0.6 is 0 Å². The van der Waals surface area contributed by atoms with Gasteiger partial charge in [0.15, 0.2) is 0 Å². The van der Waals surface area contributed by atoms with E-state index in [9.17, 15) is 0 Å². The molecule has 0 spiro atoms. The fourth-order valence-electron chi connectivity index (χ4n) is 5.67. The third kappa shape index (κ3) is 5.47. The normalized spacial score (nSPS) is 32.6. The molecule has 1 nitrogen and oxygen atoms in total. The monoisotopic (exact) mass is 350 g/mol. The highest BCUT2D eigenvalue weighted by molar-refractivity contribution is 4.92. The third-order valence-corrected chi connectivity index (χ3v) is 8.04. The Kier molecular flexibility index (Phi) is 6.73. The minimum absolute atomic E-state index is 0.0114. The van der Waals surface area contributed by atoms with Crippen molar-refractivity contribution in [2.24, 2.45) is 28.6 Å². The Bertz CT molecular complexity index is 398. The second-order valence-corrected chi connectivity index (χ2v) is 11.4. The van der Waals surface area contributed by atoms with Gasteiger partial charge >= 0.3 is 0 Å². The molecule has 0 aromatic carbocycles. The van der Waals surface area contributed by atoms with Crippen molar-refractivity contribution < 1.29 is 4.74 Å². The minimum Gasteiger partial charge on any atom is -0.373 e. The lowest BCUT2D eigenvalue weighted by Crippen LogP contribution is -2.40. The van der Waals surface area contributed by atoms with Crippen molar-refractivity contribution in [3.8, 4) is 0 Å². The maximum absolute atomic E-state index is 6.25. The highest BCUT2D eigenvalue weighted by Gasteiger charge is 2.42. The first-order chi connectivity index (χ1) is 11.5. The van der Waals surface area contributed by atoms with Crippen LogP contribution in [0.25, 0.3) is 0 Å². The highest BCUT2D eigenvalue weighted by atomic mass is 16.5. The van der Waals surface area contributed by atoms with E-state index in [4.69, 9.17) is 4.74 Å². The molecule has 0 N–H and O–H groups in total. The summed E-state index contributed by atoms with van der Waals surface area (Å²) < 4.78 is 6.25. The van der Waals surface area contributed by atoms with Crippen molar-refractivity contribution >= 4 is 0 Å². The maximum Gasteiger partial charge on any atom is 0.0602 e. The van der Waals surface area contributed by atoms with Gasteiger partial charge in [0.2, 0.25) is 0 Å². The third-order valence-electron chi connectivity index (χ3n) is 8.04. The smallest absolute Gasteiger partial charge is 0.0602 e. The number of hydrogen-bond acceptors (Lipinski definition) is 1. The standard InChI is InChI=1S/C24H46O/c1-9-23(5,6)18-10-12-19(13-11-18)24(7,8)20-14-16-21(17-15-20)25-22(2,3)4/h18-21H,9-17H2,1-8H3. The van der Waals surface area contributed by atoms with Crippen LogP contribution in [0.3, 0.4) is 0 Å². The molecule has 148 valence electrons. The molecule has 2 aliphatic carbocycles. The molecule has 0 aliphatic heterocycles. The van der Waals surface area contributed by atoms with Crippen LogP contribution in [0.4, 0.5) is 0 Å². The molecule has 0 bridgehead atoms. The molecule has 2 fully saturated rings. The second kappa shape index (κ2) is 7.91. The first kappa shape index (κ1) is 21.3. The summed E-state index contributed by atoms with van der Waals surface area (Å²) in [4.78, 5) is 0. The van der Waals surface area contributed by atoms with Crippen molar-refractivity contribution in [1.82, 2.24) is 0 Å². The van der Waals surface area contributed by atoms with E-state index < -0.39 is 0 Å². The van der Waals surface area contributed by atoms with Gasteiger partial charge in [0.25, 0.3) is 0 Å². The van der Waals surface area contributed by atoms with Crippen molar-refractivity contribution in [1.29, 1.82) is 0 Å². The maximum atomic E-state index is 6.25. The summed E-state index contributed by atoms with van der Waals surface area (Å²) in [6.07, 6.45) is 12.9. The molecular formula is C24H46O. The lowest BCUT2D eigenvalue weighted by atomic mass is 9.57. The zero-order chi connectivity index (χ0) is 18.9. The van der Waals surface area contributed by atoms with Gasteiger partial charge in [-0.3, -0.25) is 0 Å². The molecule has 2 aliphatic rings. The number of ether oxygens (including phenoxy) is 1. The summed E-state index contributed by atoms with van der Waals surface area (Å²) in [5.41, 5.74) is 1.06. The van der Waals surface area contributed by atoms with Gasteiger partial charge in [-0.2, -0.15) is 0 Å². The molecule has 1 heteroatoms. The molecule has 0 amide bonds. The van der Waals surface area contributed by atoms with E-state index in [0.717, 1.165) is 17.8 Å². The summed E-state index contributed by atoms with van der Waals surface area (Å²) in [5.74, 6) is 2.77. The molecule has 25 heavy (non-hydrogen) atoms. The van der Waals surface area contributed by atoms with Crippen LogP contribution in [0, 0.1) is 28.6 Å². The van der Waals surface area contributed by atoms with Crippen LogP contribution in [-0.2, 0) is 4.74 Å². The van der Waals surface area contributed by atoms with Gasteiger partial charge in [-0.25, -0.2) is 0 Å². The van der Waals surface area contributed by atoms with Gasteiger partial charge in [0, 0.05) is 0 Å². The van der Waals surface area contributed by atoms with Crippen LogP contribution in [0.5, 0.6) is 0 Å². The Hall–Kier alpha value is -0.0400. The molecule has 0 radical (unpaired) electrons. The Morgan fingerprint density at radius 1 is 0.640 bits per heavy atom. The topological polar surface area (TPSA) is 9.23 Å². The highest BCUT2D eigenvalue weighted by Crippen LogP contribution is 2.52. The molecule has 2 saturated carbocycles. The zero-order valence-electron chi connectivity index (χ0n) is 18.6. The first-order valence-electron chi connectivity index (χ1n) is 11.1. The Morgan fingerprint density at radius 2 is 1.04 bits per heavy atom. The summed E-state index contributed by atoms with van der Waals surface area (Å²) >= 11 is 0. The zero-order valence-corrected chi connectivity index (χ0v) is 18.6. The second-order valence-electron chi connectivity index (χ2n) is 11.4. The van der Waals surface area contributed by atoms with E-state index in [2.05, 4.69) is 55.4 Å². The fourth-order valence-corrected chi connectivity index (χ4v) is 5.67. The van der Waals surface area contributed by atoms with Crippen LogP contribution in [0.15, 0.2) is 0 Å². The van der Waals surface area contributed by atoms with Crippen LogP contribution < -0.4 is 0 Å². The minimum atomic E-state index is 0.0114. The van der Waals surface area contributed by atoms with E-state index in [1.54, 1.807) is 0 Å². The lowest BCUT2D eigenvalue weighted by Gasteiger charge is -2.48. The predicted octanol–water partition coefficient (Wildman–Crippen LogP) is 7.63. The van der Waals surface area contributed by atoms with E-state index in [1.165, 1.54) is 57.8 Å². The molecule has 0 atom stereocenters. The van der Waals surface area contributed by atoms with Gasteiger partial charge in [-0.1, -0.05) is 41.0 Å². The van der Waals surface area contributed by atoms with Crippen LogP contribution in [-0.4, -0.2) is 11.7 Å². The molecular weight excluding hydrogens is 304 g/mol. The average molecular weight is 351 g/mol. The van der Waals surface area contributed by atoms with Crippen molar-refractivity contribution in [2.75, 3.05) is 0 Å². The first-order valence-corrected chi connectivity index (χ1v) is 11.1. The van der Waals surface area contributed by atoms with Gasteiger partial charge in [-0.05, 0) is 101 Å². The van der Waals surface area contributed by atoms with Crippen molar-refractivity contribution in [3.63, 3.8) is 0 Å². The Labute approximate surface area is 158 Å². The van der Waals surface area contributed by atoms with Crippen molar-refractivity contribution in [2.45, 2.75) is 125 Å². The van der Waals surface area contributed by atoms with Gasteiger partial charge in [0.1, 0.15) is 0 Å². The molecule has 0 saturated heterocycles. The average Bonchev–Trinajstić information content (AvgIpc) is 2.54. The van der Waals surface area contributed by atoms with E-state index in [1.807, 2.05) is 0 Å².